The Hall–Kier alpha value is -1.65. The first-order valence-electron chi connectivity index (χ1n) is 7.93. The lowest BCUT2D eigenvalue weighted by Crippen LogP contribution is -2.38. The topological polar surface area (TPSA) is 92.3 Å². The van der Waals surface area contributed by atoms with Crippen molar-refractivity contribution in [3.63, 3.8) is 0 Å². The minimum absolute atomic E-state index is 0.320. The first-order chi connectivity index (χ1) is 12.1. The van der Waals surface area contributed by atoms with Crippen molar-refractivity contribution in [2.24, 2.45) is 0 Å². The number of benzene rings is 1. The van der Waals surface area contributed by atoms with Crippen LogP contribution in [0.25, 0.3) is 0 Å². The predicted molar refractivity (Wildman–Crippen MR) is 108 cm³/mol. The molecular weight excluding hydrogens is 392 g/mol. The van der Waals surface area contributed by atoms with Crippen LogP contribution in [0.4, 0.5) is 10.8 Å². The van der Waals surface area contributed by atoms with Crippen LogP contribution in [0.3, 0.4) is 0 Å². The van der Waals surface area contributed by atoms with Crippen LogP contribution < -0.4 is 9.62 Å². The molecule has 2 aromatic rings. The van der Waals surface area contributed by atoms with Crippen molar-refractivity contribution in [3.05, 3.63) is 28.8 Å². The Kier molecular flexibility index (Phi) is 6.64. The summed E-state index contributed by atoms with van der Waals surface area (Å²) in [4.78, 5) is 12.4. The zero-order valence-electron chi connectivity index (χ0n) is 15.4. The maximum atomic E-state index is 12.4. The average molecular weight is 415 g/mol. The van der Waals surface area contributed by atoms with Crippen molar-refractivity contribution in [1.29, 1.82) is 0 Å². The van der Waals surface area contributed by atoms with E-state index in [9.17, 15) is 13.2 Å². The Morgan fingerprint density at radius 3 is 2.38 bits per heavy atom. The molecule has 1 heterocycles. The van der Waals surface area contributed by atoms with E-state index in [1.54, 1.807) is 0 Å². The Morgan fingerprint density at radius 1 is 1.23 bits per heavy atom. The van der Waals surface area contributed by atoms with Crippen molar-refractivity contribution in [2.75, 3.05) is 28.2 Å². The maximum absolute atomic E-state index is 12.4. The number of amides is 1. The second-order valence-corrected chi connectivity index (χ2v) is 10.3. The van der Waals surface area contributed by atoms with Crippen LogP contribution in [-0.4, -0.2) is 43.1 Å². The average Bonchev–Trinajstić information content (AvgIpc) is 2.91. The zero-order valence-corrected chi connectivity index (χ0v) is 17.8. The molecule has 0 aliphatic carbocycles. The monoisotopic (exact) mass is 414 g/mol. The number of carbonyl (C=O) groups is 1. The molecule has 0 saturated carbocycles. The molecule has 2 rings (SSSR count). The highest BCUT2D eigenvalue weighted by Crippen LogP contribution is 2.29. The minimum atomic E-state index is -3.63. The third-order valence-corrected chi connectivity index (χ3v) is 6.46. The van der Waals surface area contributed by atoms with Gasteiger partial charge in [0.15, 0.2) is 4.34 Å². The number of carbonyl (C=O) groups excluding carboxylic acids is 1. The molecule has 26 heavy (non-hydrogen) atoms. The summed E-state index contributed by atoms with van der Waals surface area (Å²) in [7, 11) is -3.63. The Labute approximate surface area is 162 Å². The van der Waals surface area contributed by atoms with Gasteiger partial charge < -0.3 is 0 Å². The number of aromatic nitrogens is 2. The molecule has 0 saturated heterocycles. The highest BCUT2D eigenvalue weighted by Gasteiger charge is 2.24. The molecule has 0 fully saturated rings. The molecule has 0 atom stereocenters. The standard InChI is InChI=1S/C16H22N4O3S3/c1-6-24-16-19-18-15(25-16)17-13(21)9-20(26(5,22)23)14-11(3)7-10(2)8-12(14)4/h7-8H,6,9H2,1-5H3,(H,17,18,21). The highest BCUT2D eigenvalue weighted by molar-refractivity contribution is 8.01. The third kappa shape index (κ3) is 5.18. The molecule has 0 aliphatic heterocycles. The molecule has 0 radical (unpaired) electrons. The molecule has 7 nitrogen and oxygen atoms in total. The van der Waals surface area contributed by atoms with Crippen LogP contribution in [-0.2, 0) is 14.8 Å². The fraction of sp³-hybridized carbons (Fsp3) is 0.438. The molecule has 0 bridgehead atoms. The molecule has 10 heteroatoms. The summed E-state index contributed by atoms with van der Waals surface area (Å²) in [6.45, 7) is 7.30. The first-order valence-corrected chi connectivity index (χ1v) is 11.6. The molecule has 0 spiro atoms. The zero-order chi connectivity index (χ0) is 19.5. The van der Waals surface area contributed by atoms with Gasteiger partial charge in [-0.15, -0.1) is 10.2 Å². The molecular formula is C16H22N4O3S3. The van der Waals surface area contributed by atoms with Gasteiger partial charge in [-0.1, -0.05) is 47.7 Å². The molecule has 1 N–H and O–H groups in total. The smallest absolute Gasteiger partial charge is 0.246 e. The van der Waals surface area contributed by atoms with E-state index in [-0.39, 0.29) is 6.54 Å². The Morgan fingerprint density at radius 2 is 1.85 bits per heavy atom. The van der Waals surface area contributed by atoms with Crippen molar-refractivity contribution >= 4 is 49.8 Å². The molecule has 1 aromatic heterocycles. The number of hydrogen-bond donors (Lipinski definition) is 1. The Bertz CT molecular complexity index is 886. The number of sulfonamides is 1. The lowest BCUT2D eigenvalue weighted by molar-refractivity contribution is -0.114. The summed E-state index contributed by atoms with van der Waals surface area (Å²) in [5, 5.41) is 10.9. The number of thioether (sulfide) groups is 1. The van der Waals surface area contributed by atoms with Crippen LogP contribution in [0, 0.1) is 20.8 Å². The fourth-order valence-electron chi connectivity index (χ4n) is 2.66. The van der Waals surface area contributed by atoms with Gasteiger partial charge in [-0.25, -0.2) is 8.42 Å². The van der Waals surface area contributed by atoms with Crippen molar-refractivity contribution < 1.29 is 13.2 Å². The van der Waals surface area contributed by atoms with Gasteiger partial charge in [0.25, 0.3) is 0 Å². The largest absolute Gasteiger partial charge is 0.299 e. The minimum Gasteiger partial charge on any atom is -0.299 e. The number of anilines is 2. The highest BCUT2D eigenvalue weighted by atomic mass is 32.2. The fourth-order valence-corrected chi connectivity index (χ4v) is 5.30. The summed E-state index contributed by atoms with van der Waals surface area (Å²) in [6, 6.07) is 3.80. The second kappa shape index (κ2) is 8.36. The quantitative estimate of drug-likeness (QED) is 0.553. The predicted octanol–water partition coefficient (Wildman–Crippen LogP) is 2.98. The number of rotatable bonds is 7. The van der Waals surface area contributed by atoms with Gasteiger partial charge in [0, 0.05) is 0 Å². The van der Waals surface area contributed by atoms with Crippen molar-refractivity contribution in [1.82, 2.24) is 10.2 Å². The SMILES string of the molecule is CCSc1nnc(NC(=O)CN(c2c(C)cc(C)cc2C)S(C)(=O)=O)s1. The van der Waals surface area contributed by atoms with Gasteiger partial charge in [-0.2, -0.15) is 0 Å². The van der Waals surface area contributed by atoms with Crippen LogP contribution in [0.1, 0.15) is 23.6 Å². The van der Waals surface area contributed by atoms with Crippen molar-refractivity contribution in [3.8, 4) is 0 Å². The van der Waals surface area contributed by atoms with Gasteiger partial charge in [-0.05, 0) is 37.7 Å². The van der Waals surface area contributed by atoms with Gasteiger partial charge in [0.1, 0.15) is 6.54 Å². The van der Waals surface area contributed by atoms with E-state index in [1.807, 2.05) is 39.8 Å². The summed E-state index contributed by atoms with van der Waals surface area (Å²) in [5.41, 5.74) is 3.18. The molecule has 0 aliphatic rings. The van der Waals surface area contributed by atoms with Crippen molar-refractivity contribution in [2.45, 2.75) is 32.0 Å². The number of nitrogens with zero attached hydrogens (tertiary/aromatic N) is 3. The number of nitrogens with one attached hydrogen (secondary N) is 1. The lowest BCUT2D eigenvalue weighted by Gasteiger charge is -2.25. The molecule has 1 aromatic carbocycles. The summed E-state index contributed by atoms with van der Waals surface area (Å²) in [5.74, 6) is 0.398. The van der Waals surface area contributed by atoms with Crippen LogP contribution in [0.5, 0.6) is 0 Å². The lowest BCUT2D eigenvalue weighted by atomic mass is 10.1. The summed E-state index contributed by atoms with van der Waals surface area (Å²) < 4.78 is 26.5. The molecule has 0 unspecified atom stereocenters. The second-order valence-electron chi connectivity index (χ2n) is 5.87. The van der Waals surface area contributed by atoms with Crippen LogP contribution in [0.2, 0.25) is 0 Å². The van der Waals surface area contributed by atoms with E-state index < -0.39 is 15.9 Å². The van der Waals surface area contributed by atoms with E-state index in [4.69, 9.17) is 0 Å². The Balaban J connectivity index is 2.25. The van der Waals surface area contributed by atoms with E-state index in [2.05, 4.69) is 15.5 Å². The van der Waals surface area contributed by atoms with Gasteiger partial charge in [0.2, 0.25) is 21.1 Å². The van der Waals surface area contributed by atoms with E-state index in [0.29, 0.717) is 10.8 Å². The normalized spacial score (nSPS) is 11.4. The van der Waals surface area contributed by atoms with Gasteiger partial charge in [-0.3, -0.25) is 14.4 Å². The van der Waals surface area contributed by atoms with E-state index >= 15 is 0 Å². The first kappa shape index (κ1) is 20.7. The van der Waals surface area contributed by atoms with Crippen LogP contribution in [0.15, 0.2) is 16.5 Å². The third-order valence-electron chi connectivity index (χ3n) is 3.49. The van der Waals surface area contributed by atoms with Crippen LogP contribution >= 0.6 is 23.1 Å². The van der Waals surface area contributed by atoms with Gasteiger partial charge >= 0.3 is 0 Å². The molecule has 142 valence electrons. The maximum Gasteiger partial charge on any atom is 0.246 e. The van der Waals surface area contributed by atoms with E-state index in [0.717, 1.165) is 37.3 Å². The van der Waals surface area contributed by atoms with E-state index in [1.165, 1.54) is 23.1 Å². The summed E-state index contributed by atoms with van der Waals surface area (Å²) >= 11 is 2.80. The van der Waals surface area contributed by atoms with Gasteiger partial charge in [0.05, 0.1) is 11.9 Å². The number of aryl methyl sites for hydroxylation is 3. The summed E-state index contributed by atoms with van der Waals surface area (Å²) in [6.07, 6.45) is 1.10. The number of hydrogen-bond acceptors (Lipinski definition) is 7. The molecule has 1 amide bonds.